The second-order valence-corrected chi connectivity index (χ2v) is 9.41. The van der Waals surface area contributed by atoms with Crippen LogP contribution in [0.5, 0.6) is 0 Å². The van der Waals surface area contributed by atoms with Crippen LogP contribution in [0.1, 0.15) is 17.5 Å². The molecule has 0 radical (unpaired) electrons. The Morgan fingerprint density at radius 3 is 2.19 bits per heavy atom. The minimum atomic E-state index is -0.468. The number of likely N-dealkylation sites (N-methyl/N-ethyl adjacent to an activating group) is 1. The van der Waals surface area contributed by atoms with Gasteiger partial charge in [0.1, 0.15) is 0 Å². The predicted octanol–water partition coefficient (Wildman–Crippen LogP) is 2.47. The van der Waals surface area contributed by atoms with E-state index in [1.54, 1.807) is 13.0 Å². The monoisotopic (exact) mass is 489 g/mol. The van der Waals surface area contributed by atoms with Crippen molar-refractivity contribution in [3.05, 3.63) is 64.5 Å². The number of anilines is 3. The largest absolute Gasteiger partial charge is 0.448 e. The van der Waals surface area contributed by atoms with Crippen molar-refractivity contribution in [3.63, 3.8) is 0 Å². The molecular formula is C27H31N5O4. The fourth-order valence-corrected chi connectivity index (χ4v) is 4.80. The molecule has 188 valence electrons. The maximum Gasteiger partial charge on any atom is 0.291 e. The summed E-state index contributed by atoms with van der Waals surface area (Å²) in [7, 11) is 2.09. The smallest absolute Gasteiger partial charge is 0.291 e. The summed E-state index contributed by atoms with van der Waals surface area (Å²) >= 11 is 0. The highest BCUT2D eigenvalue weighted by atomic mass is 16.3. The Kier molecular flexibility index (Phi) is 6.65. The average molecular weight is 490 g/mol. The number of para-hydroxylation sites is 1. The minimum absolute atomic E-state index is 0.0153. The van der Waals surface area contributed by atoms with Gasteiger partial charge in [0, 0.05) is 76.7 Å². The molecule has 2 aliphatic heterocycles. The maximum absolute atomic E-state index is 13.0. The van der Waals surface area contributed by atoms with E-state index >= 15 is 0 Å². The van der Waals surface area contributed by atoms with Gasteiger partial charge in [-0.05, 0) is 43.4 Å². The highest BCUT2D eigenvalue weighted by Crippen LogP contribution is 2.27. The molecule has 9 heteroatoms. The van der Waals surface area contributed by atoms with Crippen LogP contribution >= 0.6 is 0 Å². The molecule has 3 aromatic rings. The number of piperazine rings is 2. The van der Waals surface area contributed by atoms with Gasteiger partial charge in [0.05, 0.1) is 11.1 Å². The molecule has 0 bridgehead atoms. The Balaban J connectivity index is 1.32. The van der Waals surface area contributed by atoms with E-state index in [9.17, 15) is 14.4 Å². The summed E-state index contributed by atoms with van der Waals surface area (Å²) in [5.41, 5.74) is 2.69. The van der Waals surface area contributed by atoms with Crippen molar-refractivity contribution >= 4 is 39.8 Å². The molecule has 2 aliphatic rings. The Hall–Kier alpha value is -3.85. The van der Waals surface area contributed by atoms with E-state index in [1.165, 1.54) is 6.07 Å². The van der Waals surface area contributed by atoms with Gasteiger partial charge in [-0.25, -0.2) is 0 Å². The molecular weight excluding hydrogens is 458 g/mol. The lowest BCUT2D eigenvalue weighted by Gasteiger charge is -2.35. The van der Waals surface area contributed by atoms with Crippen molar-refractivity contribution in [1.29, 1.82) is 0 Å². The lowest BCUT2D eigenvalue weighted by molar-refractivity contribution is -0.129. The highest BCUT2D eigenvalue weighted by molar-refractivity contribution is 6.03. The Labute approximate surface area is 209 Å². The molecule has 2 aromatic carbocycles. The summed E-state index contributed by atoms with van der Waals surface area (Å²) in [6.45, 7) is 8.02. The number of benzene rings is 2. The number of carbonyl (C=O) groups excluding carboxylic acids is 2. The van der Waals surface area contributed by atoms with Gasteiger partial charge in [0.15, 0.2) is 16.8 Å². The topological polar surface area (TPSA) is 89.3 Å². The Morgan fingerprint density at radius 2 is 1.53 bits per heavy atom. The lowest BCUT2D eigenvalue weighted by atomic mass is 10.1. The average Bonchev–Trinajstić information content (AvgIpc) is 2.89. The van der Waals surface area contributed by atoms with Crippen LogP contribution < -0.4 is 20.5 Å². The molecule has 2 saturated heterocycles. The molecule has 3 heterocycles. The zero-order valence-electron chi connectivity index (χ0n) is 20.7. The van der Waals surface area contributed by atoms with Crippen LogP contribution in [0.2, 0.25) is 0 Å². The third kappa shape index (κ3) is 4.92. The number of hydrogen-bond donors (Lipinski definition) is 1. The Morgan fingerprint density at radius 1 is 0.861 bits per heavy atom. The fourth-order valence-electron chi connectivity index (χ4n) is 4.80. The van der Waals surface area contributed by atoms with Crippen LogP contribution in [0.15, 0.2) is 57.7 Å². The molecule has 9 nitrogen and oxygen atoms in total. The number of rotatable bonds is 4. The summed E-state index contributed by atoms with van der Waals surface area (Å²) < 4.78 is 6.03. The fraction of sp³-hybridized carbons (Fsp3) is 0.370. The zero-order valence-corrected chi connectivity index (χ0v) is 20.7. The quantitative estimate of drug-likeness (QED) is 0.602. The summed E-state index contributed by atoms with van der Waals surface area (Å²) in [5, 5.41) is 3.31. The van der Waals surface area contributed by atoms with Crippen molar-refractivity contribution in [2.75, 3.05) is 74.5 Å². The van der Waals surface area contributed by atoms with Crippen LogP contribution in [0.3, 0.4) is 0 Å². The molecule has 36 heavy (non-hydrogen) atoms. The molecule has 0 spiro atoms. The van der Waals surface area contributed by atoms with Crippen molar-refractivity contribution in [2.24, 2.45) is 0 Å². The van der Waals surface area contributed by atoms with Crippen LogP contribution in [-0.4, -0.2) is 81.0 Å². The number of amides is 2. The van der Waals surface area contributed by atoms with Crippen molar-refractivity contribution in [1.82, 2.24) is 9.80 Å². The molecule has 0 atom stereocenters. The minimum Gasteiger partial charge on any atom is -0.448 e. The van der Waals surface area contributed by atoms with Gasteiger partial charge < -0.3 is 29.3 Å². The standard InChI is InChI=1S/C27H31N5O4/c1-19(33)30-14-16-31(17-15-30)21-8-6-20(7-9-21)28-27(35)25-18-24(34)22-4-3-5-23(26(22)36-25)32-12-10-29(2)11-13-32/h3-9,18H,10-17H2,1-2H3,(H,28,35). The third-order valence-corrected chi connectivity index (χ3v) is 7.02. The number of nitrogens with zero attached hydrogens (tertiary/aromatic N) is 4. The van der Waals surface area contributed by atoms with Gasteiger partial charge in [-0.3, -0.25) is 14.4 Å². The van der Waals surface area contributed by atoms with Crippen LogP contribution in [-0.2, 0) is 4.79 Å². The van der Waals surface area contributed by atoms with E-state index in [0.717, 1.165) is 50.6 Å². The van der Waals surface area contributed by atoms with Crippen molar-refractivity contribution in [3.8, 4) is 0 Å². The van der Waals surface area contributed by atoms with Gasteiger partial charge >= 0.3 is 0 Å². The normalized spacial score (nSPS) is 16.9. The molecule has 2 fully saturated rings. The van der Waals surface area contributed by atoms with E-state index in [4.69, 9.17) is 4.42 Å². The van der Waals surface area contributed by atoms with Crippen LogP contribution in [0.4, 0.5) is 17.1 Å². The second kappa shape index (κ2) is 10.0. The summed E-state index contributed by atoms with van der Waals surface area (Å²) in [6, 6.07) is 14.3. The first kappa shape index (κ1) is 23.9. The maximum atomic E-state index is 13.0. The predicted molar refractivity (Wildman–Crippen MR) is 141 cm³/mol. The van der Waals surface area contributed by atoms with Gasteiger partial charge in [-0.1, -0.05) is 6.07 Å². The molecule has 1 aromatic heterocycles. The van der Waals surface area contributed by atoms with E-state index in [0.29, 0.717) is 29.7 Å². The first-order chi connectivity index (χ1) is 17.4. The lowest BCUT2D eigenvalue weighted by Crippen LogP contribution is -2.48. The molecule has 2 amide bonds. The first-order valence-electron chi connectivity index (χ1n) is 12.3. The summed E-state index contributed by atoms with van der Waals surface area (Å²) in [5.74, 6) is -0.382. The van der Waals surface area contributed by atoms with Crippen molar-refractivity contribution in [2.45, 2.75) is 6.92 Å². The van der Waals surface area contributed by atoms with Crippen LogP contribution in [0.25, 0.3) is 11.0 Å². The summed E-state index contributed by atoms with van der Waals surface area (Å²) in [6.07, 6.45) is 0. The Bertz CT molecular complexity index is 1320. The number of nitrogens with one attached hydrogen (secondary N) is 1. The van der Waals surface area contributed by atoms with E-state index < -0.39 is 5.91 Å². The SMILES string of the molecule is CC(=O)N1CCN(c2ccc(NC(=O)c3cc(=O)c4cccc(N5CCN(C)CC5)c4o3)cc2)CC1. The van der Waals surface area contributed by atoms with E-state index in [2.05, 4.69) is 27.1 Å². The molecule has 0 aliphatic carbocycles. The van der Waals surface area contributed by atoms with Crippen LogP contribution in [0, 0.1) is 0 Å². The van der Waals surface area contributed by atoms with Crippen molar-refractivity contribution < 1.29 is 14.0 Å². The van der Waals surface area contributed by atoms with Gasteiger partial charge in [-0.15, -0.1) is 0 Å². The third-order valence-electron chi connectivity index (χ3n) is 7.02. The number of hydrogen-bond acceptors (Lipinski definition) is 7. The van der Waals surface area contributed by atoms with Gasteiger partial charge in [0.2, 0.25) is 5.91 Å². The zero-order chi connectivity index (χ0) is 25.2. The highest BCUT2D eigenvalue weighted by Gasteiger charge is 2.21. The van der Waals surface area contributed by atoms with E-state index in [-0.39, 0.29) is 17.1 Å². The number of carbonyl (C=O) groups is 2. The number of fused-ring (bicyclic) bond motifs is 1. The second-order valence-electron chi connectivity index (χ2n) is 9.41. The first-order valence-corrected chi connectivity index (χ1v) is 12.3. The molecule has 1 N–H and O–H groups in total. The molecule has 5 rings (SSSR count). The molecule has 0 saturated carbocycles. The van der Waals surface area contributed by atoms with Gasteiger partial charge in [0.25, 0.3) is 5.91 Å². The summed E-state index contributed by atoms with van der Waals surface area (Å²) in [4.78, 5) is 45.9. The van der Waals surface area contributed by atoms with E-state index in [1.807, 2.05) is 41.3 Å². The van der Waals surface area contributed by atoms with Gasteiger partial charge in [-0.2, -0.15) is 0 Å². The molecule has 0 unspecified atom stereocenters.